The molecule has 1 rings (SSSR count). The summed E-state index contributed by atoms with van der Waals surface area (Å²) in [7, 11) is 0. The summed E-state index contributed by atoms with van der Waals surface area (Å²) in [6.07, 6.45) is 0. The molecule has 1 N–H and O–H groups in total. The zero-order valence-electron chi connectivity index (χ0n) is 8.61. The third-order valence-electron chi connectivity index (χ3n) is 1.53. The number of hydrogen-bond donors (Lipinski definition) is 1. The zero-order chi connectivity index (χ0) is 11.3. The Morgan fingerprint density at radius 3 is 2.73 bits per heavy atom. The van der Waals surface area contributed by atoms with Gasteiger partial charge in [-0.3, -0.25) is 9.59 Å². The monoisotopic (exact) mass is 208 g/mol. The van der Waals surface area contributed by atoms with E-state index in [0.717, 1.165) is 0 Å². The molecule has 0 aliphatic rings. The largest absolute Gasteiger partial charge is 0.459 e. The lowest BCUT2D eigenvalue weighted by atomic mass is 10.3. The number of amides is 1. The highest BCUT2D eigenvalue weighted by atomic mass is 16.5. The maximum Gasteiger partial charge on any atom is 0.303 e. The van der Waals surface area contributed by atoms with E-state index in [4.69, 9.17) is 4.74 Å². The molecule has 0 atom stereocenters. The van der Waals surface area contributed by atoms with Gasteiger partial charge in [0.25, 0.3) is 0 Å². The van der Waals surface area contributed by atoms with Crippen LogP contribution in [0.2, 0.25) is 0 Å². The van der Waals surface area contributed by atoms with Crippen molar-refractivity contribution in [2.24, 2.45) is 0 Å². The Labute approximate surface area is 87.5 Å². The summed E-state index contributed by atoms with van der Waals surface area (Å²) in [5.41, 5.74) is 0.594. The molecular weight excluding hydrogens is 196 g/mol. The summed E-state index contributed by atoms with van der Waals surface area (Å²) in [6.45, 7) is 2.85. The highest BCUT2D eigenvalue weighted by molar-refractivity contribution is 5.87. The Kier molecular flexibility index (Phi) is 3.79. The lowest BCUT2D eigenvalue weighted by molar-refractivity contribution is -0.142. The third-order valence-corrected chi connectivity index (χ3v) is 1.53. The van der Waals surface area contributed by atoms with Crippen molar-refractivity contribution in [2.75, 3.05) is 5.32 Å². The molecule has 0 spiro atoms. The summed E-state index contributed by atoms with van der Waals surface area (Å²) in [5.74, 6) is -0.0963. The van der Waals surface area contributed by atoms with Gasteiger partial charge >= 0.3 is 5.97 Å². The third kappa shape index (κ3) is 4.21. The van der Waals surface area contributed by atoms with E-state index in [1.54, 1.807) is 18.2 Å². The predicted octanol–water partition coefficient (Wildman–Crippen LogP) is 1.10. The van der Waals surface area contributed by atoms with Crippen molar-refractivity contribution in [1.82, 2.24) is 4.98 Å². The van der Waals surface area contributed by atoms with E-state index in [1.807, 2.05) is 0 Å². The quantitative estimate of drug-likeness (QED) is 0.755. The first-order valence-corrected chi connectivity index (χ1v) is 4.45. The van der Waals surface area contributed by atoms with Crippen LogP contribution in [-0.2, 0) is 20.9 Å². The number of carbonyl (C=O) groups excluding carboxylic acids is 2. The van der Waals surface area contributed by atoms with Crippen molar-refractivity contribution >= 4 is 17.7 Å². The van der Waals surface area contributed by atoms with Crippen molar-refractivity contribution < 1.29 is 14.3 Å². The molecule has 1 heterocycles. The Morgan fingerprint density at radius 1 is 1.40 bits per heavy atom. The number of esters is 1. The summed E-state index contributed by atoms with van der Waals surface area (Å²) in [4.78, 5) is 25.4. The molecule has 0 radical (unpaired) electrons. The van der Waals surface area contributed by atoms with Crippen LogP contribution in [-0.4, -0.2) is 16.9 Å². The zero-order valence-corrected chi connectivity index (χ0v) is 8.61. The minimum absolute atomic E-state index is 0.114. The van der Waals surface area contributed by atoms with Crippen molar-refractivity contribution in [3.8, 4) is 0 Å². The van der Waals surface area contributed by atoms with Crippen molar-refractivity contribution in [3.63, 3.8) is 0 Å². The summed E-state index contributed by atoms with van der Waals surface area (Å²) < 4.78 is 4.77. The first kappa shape index (κ1) is 11.2. The normalized spacial score (nSPS) is 9.47. The number of aromatic nitrogens is 1. The number of ether oxygens (including phenoxy) is 1. The summed E-state index contributed by atoms with van der Waals surface area (Å²) >= 11 is 0. The lowest BCUT2D eigenvalue weighted by Gasteiger charge is -2.04. The second-order valence-corrected chi connectivity index (χ2v) is 2.98. The van der Waals surface area contributed by atoms with Gasteiger partial charge in [0.05, 0.1) is 5.69 Å². The molecule has 0 aromatic carbocycles. The van der Waals surface area contributed by atoms with Crippen molar-refractivity contribution in [2.45, 2.75) is 20.5 Å². The average Bonchev–Trinajstić information content (AvgIpc) is 2.14. The Morgan fingerprint density at radius 2 is 2.13 bits per heavy atom. The molecule has 1 aromatic heterocycles. The molecule has 0 unspecified atom stereocenters. The molecule has 5 heteroatoms. The van der Waals surface area contributed by atoms with Crippen LogP contribution in [0.15, 0.2) is 18.2 Å². The predicted molar refractivity (Wildman–Crippen MR) is 54.0 cm³/mol. The van der Waals surface area contributed by atoms with Crippen LogP contribution in [0.1, 0.15) is 19.5 Å². The van der Waals surface area contributed by atoms with Crippen LogP contribution in [0.5, 0.6) is 0 Å². The molecule has 0 aliphatic heterocycles. The minimum Gasteiger partial charge on any atom is -0.459 e. The van der Waals surface area contributed by atoms with Gasteiger partial charge in [0.2, 0.25) is 5.91 Å². The molecular formula is C10H12N2O3. The fourth-order valence-electron chi connectivity index (χ4n) is 0.986. The second-order valence-electron chi connectivity index (χ2n) is 2.98. The summed E-state index contributed by atoms with van der Waals surface area (Å²) in [5, 5.41) is 2.54. The van der Waals surface area contributed by atoms with E-state index < -0.39 is 0 Å². The van der Waals surface area contributed by atoms with E-state index in [1.165, 1.54) is 13.8 Å². The molecule has 80 valence electrons. The fraction of sp³-hybridized carbons (Fsp3) is 0.300. The van der Waals surface area contributed by atoms with E-state index in [-0.39, 0.29) is 18.5 Å². The van der Waals surface area contributed by atoms with E-state index in [2.05, 4.69) is 10.3 Å². The number of pyridine rings is 1. The molecule has 1 aromatic rings. The first-order chi connectivity index (χ1) is 7.08. The fourth-order valence-corrected chi connectivity index (χ4v) is 0.986. The second kappa shape index (κ2) is 5.09. The highest BCUT2D eigenvalue weighted by Crippen LogP contribution is 2.05. The highest BCUT2D eigenvalue weighted by Gasteiger charge is 2.00. The SMILES string of the molecule is CC(=O)Nc1cccc(COC(C)=O)n1. The van der Waals surface area contributed by atoms with Gasteiger partial charge in [-0.2, -0.15) is 0 Å². The molecule has 0 saturated heterocycles. The maximum absolute atomic E-state index is 10.8. The first-order valence-electron chi connectivity index (χ1n) is 4.45. The van der Waals surface area contributed by atoms with Crippen LogP contribution in [0.3, 0.4) is 0 Å². The Hall–Kier alpha value is -1.91. The number of nitrogens with zero attached hydrogens (tertiary/aromatic N) is 1. The number of carbonyl (C=O) groups is 2. The van der Waals surface area contributed by atoms with Crippen LogP contribution < -0.4 is 5.32 Å². The molecule has 5 nitrogen and oxygen atoms in total. The lowest BCUT2D eigenvalue weighted by Crippen LogP contribution is -2.09. The maximum atomic E-state index is 10.8. The summed E-state index contributed by atoms with van der Waals surface area (Å²) in [6, 6.07) is 5.12. The van der Waals surface area contributed by atoms with Gasteiger partial charge in [-0.15, -0.1) is 0 Å². The van der Waals surface area contributed by atoms with Gasteiger partial charge in [0.1, 0.15) is 12.4 Å². The minimum atomic E-state index is -0.360. The molecule has 1 amide bonds. The van der Waals surface area contributed by atoms with Crippen molar-refractivity contribution in [1.29, 1.82) is 0 Å². The number of nitrogens with one attached hydrogen (secondary N) is 1. The van der Waals surface area contributed by atoms with Crippen molar-refractivity contribution in [3.05, 3.63) is 23.9 Å². The smallest absolute Gasteiger partial charge is 0.303 e. The van der Waals surface area contributed by atoms with Gasteiger partial charge in [0.15, 0.2) is 0 Å². The van der Waals surface area contributed by atoms with Crippen LogP contribution in [0.4, 0.5) is 5.82 Å². The van der Waals surface area contributed by atoms with Gasteiger partial charge < -0.3 is 10.1 Å². The molecule has 0 bridgehead atoms. The molecule has 0 fully saturated rings. The number of rotatable bonds is 3. The van der Waals surface area contributed by atoms with Crippen LogP contribution >= 0.6 is 0 Å². The van der Waals surface area contributed by atoms with Crippen LogP contribution in [0, 0.1) is 0 Å². The Bertz CT molecular complexity index is 377. The average molecular weight is 208 g/mol. The number of hydrogen-bond acceptors (Lipinski definition) is 4. The van der Waals surface area contributed by atoms with Gasteiger partial charge in [0, 0.05) is 13.8 Å². The van der Waals surface area contributed by atoms with Crippen LogP contribution in [0.25, 0.3) is 0 Å². The van der Waals surface area contributed by atoms with Gasteiger partial charge in [-0.1, -0.05) is 6.07 Å². The molecule has 0 saturated carbocycles. The van der Waals surface area contributed by atoms with Gasteiger partial charge in [-0.05, 0) is 12.1 Å². The topological polar surface area (TPSA) is 68.3 Å². The van der Waals surface area contributed by atoms with E-state index >= 15 is 0 Å². The Balaban J connectivity index is 2.65. The van der Waals surface area contributed by atoms with Gasteiger partial charge in [-0.25, -0.2) is 4.98 Å². The van der Waals surface area contributed by atoms with E-state index in [9.17, 15) is 9.59 Å². The number of anilines is 1. The molecule has 15 heavy (non-hydrogen) atoms. The standard InChI is InChI=1S/C10H12N2O3/c1-7(13)11-10-5-3-4-9(12-10)6-15-8(2)14/h3-5H,6H2,1-2H3,(H,11,12,13). The molecule has 0 aliphatic carbocycles. The van der Waals surface area contributed by atoms with E-state index in [0.29, 0.717) is 11.5 Å².